The molecular weight excluding hydrogens is 328 g/mol. The van der Waals surface area contributed by atoms with Crippen molar-refractivity contribution < 1.29 is 4.79 Å². The van der Waals surface area contributed by atoms with E-state index in [0.29, 0.717) is 6.54 Å². The van der Waals surface area contributed by atoms with Crippen LogP contribution in [0, 0.1) is 0 Å². The summed E-state index contributed by atoms with van der Waals surface area (Å²) in [6, 6.07) is 10.00. The van der Waals surface area contributed by atoms with Gasteiger partial charge in [0.1, 0.15) is 6.54 Å². The Morgan fingerprint density at radius 2 is 1.96 bits per heavy atom. The first-order chi connectivity index (χ1) is 12.5. The number of benzene rings is 1. The van der Waals surface area contributed by atoms with E-state index in [1.807, 2.05) is 59.4 Å². The first-order valence-electron chi connectivity index (χ1n) is 8.79. The Morgan fingerprint density at radius 1 is 1.23 bits per heavy atom. The average molecular weight is 356 g/mol. The zero-order chi connectivity index (χ0) is 18.9. The topological polar surface area (TPSA) is 65.8 Å². The molecule has 0 aliphatic carbocycles. The summed E-state index contributed by atoms with van der Waals surface area (Å²) in [5, 5.41) is 7.73. The van der Waals surface area contributed by atoms with Gasteiger partial charge in [-0.1, -0.05) is 25.1 Å². The molecule has 0 unspecified atom stereocenters. The quantitative estimate of drug-likeness (QED) is 0.606. The van der Waals surface area contributed by atoms with E-state index in [1.54, 1.807) is 19.0 Å². The standard InChI is InChI=1S/C19H28N6O/c1-5-11-20-19(21-13-18(26)23(2)3)24(4)14-16-12-22-25(15-16)17-9-7-6-8-10-17/h6-10,12,15H,5,11,13-14H2,1-4H3,(H,20,21). The summed E-state index contributed by atoms with van der Waals surface area (Å²) in [5.74, 6) is 0.695. The molecule has 0 radical (unpaired) electrons. The fourth-order valence-corrected chi connectivity index (χ4v) is 2.34. The van der Waals surface area contributed by atoms with E-state index in [2.05, 4.69) is 22.3 Å². The Labute approximate surface area is 155 Å². The van der Waals surface area contributed by atoms with Crippen LogP contribution in [0.3, 0.4) is 0 Å². The number of hydrogen-bond acceptors (Lipinski definition) is 3. The van der Waals surface area contributed by atoms with Crippen LogP contribution in [0.25, 0.3) is 5.69 Å². The Morgan fingerprint density at radius 3 is 2.62 bits per heavy atom. The number of aliphatic imine (C=N–C) groups is 1. The highest BCUT2D eigenvalue weighted by molar-refractivity contribution is 5.84. The number of nitrogens with one attached hydrogen (secondary N) is 1. The van der Waals surface area contributed by atoms with Crippen LogP contribution in [-0.4, -0.2) is 65.7 Å². The molecule has 1 aromatic heterocycles. The number of nitrogens with zero attached hydrogens (tertiary/aromatic N) is 5. The molecule has 26 heavy (non-hydrogen) atoms. The second-order valence-corrected chi connectivity index (χ2v) is 6.34. The van der Waals surface area contributed by atoms with Crippen LogP contribution in [0.1, 0.15) is 18.9 Å². The summed E-state index contributed by atoms with van der Waals surface area (Å²) in [7, 11) is 5.43. The van der Waals surface area contributed by atoms with E-state index >= 15 is 0 Å². The van der Waals surface area contributed by atoms with Crippen molar-refractivity contribution in [2.75, 3.05) is 34.2 Å². The Kier molecular flexibility index (Phi) is 7.20. The van der Waals surface area contributed by atoms with Crippen molar-refractivity contribution in [1.82, 2.24) is 24.9 Å². The Balaban J connectivity index is 2.06. The van der Waals surface area contributed by atoms with Crippen LogP contribution >= 0.6 is 0 Å². The fourth-order valence-electron chi connectivity index (χ4n) is 2.34. The van der Waals surface area contributed by atoms with E-state index in [1.165, 1.54) is 0 Å². The molecule has 0 saturated carbocycles. The smallest absolute Gasteiger partial charge is 0.243 e. The summed E-state index contributed by atoms with van der Waals surface area (Å²) in [5.41, 5.74) is 2.09. The summed E-state index contributed by atoms with van der Waals surface area (Å²) in [6.07, 6.45) is 4.85. The SMILES string of the molecule is CCCNC(=NCC(=O)N(C)C)N(C)Cc1cnn(-c2ccccc2)c1. The van der Waals surface area contributed by atoms with Gasteiger partial charge in [0.05, 0.1) is 11.9 Å². The minimum atomic E-state index is -0.0221. The third-order valence-electron chi connectivity index (χ3n) is 3.83. The van der Waals surface area contributed by atoms with Gasteiger partial charge >= 0.3 is 0 Å². The Hall–Kier alpha value is -2.83. The summed E-state index contributed by atoms with van der Waals surface area (Å²) in [6.45, 7) is 3.69. The molecule has 0 bridgehead atoms. The lowest BCUT2D eigenvalue weighted by molar-refractivity contribution is -0.127. The van der Waals surface area contributed by atoms with E-state index in [-0.39, 0.29) is 12.5 Å². The summed E-state index contributed by atoms with van der Waals surface area (Å²) < 4.78 is 1.86. The highest BCUT2D eigenvalue weighted by atomic mass is 16.2. The maximum absolute atomic E-state index is 11.8. The predicted molar refractivity (Wildman–Crippen MR) is 104 cm³/mol. The first-order valence-corrected chi connectivity index (χ1v) is 8.79. The largest absolute Gasteiger partial charge is 0.356 e. The zero-order valence-electron chi connectivity index (χ0n) is 16.0. The molecule has 0 aliphatic heterocycles. The van der Waals surface area contributed by atoms with Crippen molar-refractivity contribution in [2.24, 2.45) is 4.99 Å². The molecule has 140 valence electrons. The van der Waals surface area contributed by atoms with Gasteiger partial charge in [0, 0.05) is 46.0 Å². The Bertz CT molecular complexity index is 723. The molecule has 7 nitrogen and oxygen atoms in total. The molecule has 0 atom stereocenters. The van der Waals surface area contributed by atoms with Crippen LogP contribution in [0.4, 0.5) is 0 Å². The molecule has 1 N–H and O–H groups in total. The lowest BCUT2D eigenvalue weighted by Gasteiger charge is -2.22. The number of likely N-dealkylation sites (N-methyl/N-ethyl adjacent to an activating group) is 1. The lowest BCUT2D eigenvalue weighted by Crippen LogP contribution is -2.39. The predicted octanol–water partition coefficient (Wildman–Crippen LogP) is 1.75. The molecule has 1 amide bonds. The van der Waals surface area contributed by atoms with Crippen LogP contribution in [0.2, 0.25) is 0 Å². The monoisotopic (exact) mass is 356 g/mol. The van der Waals surface area contributed by atoms with Gasteiger partial charge in [-0.3, -0.25) is 4.79 Å². The van der Waals surface area contributed by atoms with Crippen molar-refractivity contribution in [3.8, 4) is 5.69 Å². The minimum absolute atomic E-state index is 0.0221. The van der Waals surface area contributed by atoms with E-state index in [4.69, 9.17) is 0 Å². The second-order valence-electron chi connectivity index (χ2n) is 6.34. The number of hydrogen-bond donors (Lipinski definition) is 1. The number of aromatic nitrogens is 2. The number of guanidine groups is 1. The number of para-hydroxylation sites is 1. The molecule has 2 rings (SSSR count). The number of carbonyl (C=O) groups excluding carboxylic acids is 1. The van der Waals surface area contributed by atoms with Crippen LogP contribution in [0.5, 0.6) is 0 Å². The normalized spacial score (nSPS) is 11.3. The number of rotatable bonds is 7. The fraction of sp³-hybridized carbons (Fsp3) is 0.421. The van der Waals surface area contributed by atoms with Gasteiger partial charge in [-0.15, -0.1) is 0 Å². The van der Waals surface area contributed by atoms with Gasteiger partial charge in [0.15, 0.2) is 5.96 Å². The molecule has 0 fully saturated rings. The molecule has 1 aromatic carbocycles. The van der Waals surface area contributed by atoms with Gasteiger partial charge in [-0.2, -0.15) is 5.10 Å². The van der Waals surface area contributed by atoms with E-state index in [0.717, 1.165) is 30.2 Å². The molecule has 1 heterocycles. The highest BCUT2D eigenvalue weighted by Gasteiger charge is 2.10. The van der Waals surface area contributed by atoms with E-state index < -0.39 is 0 Å². The van der Waals surface area contributed by atoms with Crippen LogP contribution < -0.4 is 5.32 Å². The van der Waals surface area contributed by atoms with Crippen molar-refractivity contribution in [2.45, 2.75) is 19.9 Å². The molecule has 0 aliphatic rings. The molecular formula is C19H28N6O. The number of carbonyl (C=O) groups is 1. The third kappa shape index (κ3) is 5.61. The molecule has 0 spiro atoms. The first kappa shape index (κ1) is 19.5. The van der Waals surface area contributed by atoms with Gasteiger partial charge < -0.3 is 15.1 Å². The van der Waals surface area contributed by atoms with Gasteiger partial charge in [0.25, 0.3) is 0 Å². The number of amides is 1. The van der Waals surface area contributed by atoms with Crippen molar-refractivity contribution in [3.63, 3.8) is 0 Å². The van der Waals surface area contributed by atoms with Crippen molar-refractivity contribution in [3.05, 3.63) is 48.3 Å². The summed E-state index contributed by atoms with van der Waals surface area (Å²) in [4.78, 5) is 19.8. The van der Waals surface area contributed by atoms with Gasteiger partial charge in [-0.25, -0.2) is 9.67 Å². The highest BCUT2D eigenvalue weighted by Crippen LogP contribution is 2.09. The third-order valence-corrected chi connectivity index (χ3v) is 3.83. The maximum atomic E-state index is 11.8. The van der Waals surface area contributed by atoms with Crippen LogP contribution in [-0.2, 0) is 11.3 Å². The maximum Gasteiger partial charge on any atom is 0.243 e. The zero-order valence-corrected chi connectivity index (χ0v) is 16.0. The van der Waals surface area contributed by atoms with Crippen LogP contribution in [0.15, 0.2) is 47.7 Å². The molecule has 0 saturated heterocycles. The van der Waals surface area contributed by atoms with Crippen molar-refractivity contribution >= 4 is 11.9 Å². The summed E-state index contributed by atoms with van der Waals surface area (Å²) >= 11 is 0. The van der Waals surface area contributed by atoms with Crippen molar-refractivity contribution in [1.29, 1.82) is 0 Å². The second kappa shape index (κ2) is 9.60. The molecule has 2 aromatic rings. The van der Waals surface area contributed by atoms with E-state index in [9.17, 15) is 4.79 Å². The minimum Gasteiger partial charge on any atom is -0.356 e. The molecule has 7 heteroatoms. The lowest BCUT2D eigenvalue weighted by atomic mass is 10.3. The average Bonchev–Trinajstić information content (AvgIpc) is 3.10. The van der Waals surface area contributed by atoms with Gasteiger partial charge in [-0.05, 0) is 18.6 Å². The van der Waals surface area contributed by atoms with Gasteiger partial charge in [0.2, 0.25) is 5.91 Å².